The molecule has 3 aromatic carbocycles. The third kappa shape index (κ3) is 4.73. The number of hydrogen-bond donors (Lipinski definition) is 5. The first-order chi connectivity index (χ1) is 13.4. The summed E-state index contributed by atoms with van der Waals surface area (Å²) in [5.74, 6) is -0.792. The van der Waals surface area contributed by atoms with Crippen molar-refractivity contribution in [3.8, 4) is 5.75 Å². The van der Waals surface area contributed by atoms with Crippen LogP contribution in [0.3, 0.4) is 0 Å². The van der Waals surface area contributed by atoms with E-state index in [0.29, 0.717) is 5.69 Å². The van der Waals surface area contributed by atoms with E-state index < -0.39 is 52.5 Å². The minimum absolute atomic E-state index is 0. The number of phenols is 1. The molecule has 0 saturated heterocycles. The molecule has 0 spiro atoms. The van der Waals surface area contributed by atoms with E-state index in [4.69, 9.17) is 11.5 Å². The molecule has 30 heavy (non-hydrogen) atoms. The summed E-state index contributed by atoms with van der Waals surface area (Å²) in [6.45, 7) is 0. The van der Waals surface area contributed by atoms with Crippen LogP contribution >= 0.6 is 0 Å². The Hall–Kier alpha value is -2.26. The van der Waals surface area contributed by atoms with E-state index >= 15 is 0 Å². The summed E-state index contributed by atoms with van der Waals surface area (Å²) in [4.78, 5) is -1.76. The number of hydrogen-bond acceptors (Lipinski definition) is 9. The monoisotopic (exact) mass is 462 g/mol. The van der Waals surface area contributed by atoms with E-state index in [1.54, 1.807) is 0 Å². The maximum absolute atomic E-state index is 11.8. The number of phenolic OH excluding ortho intramolecular Hbond substituents is 1. The molecule has 0 bridgehead atoms. The van der Waals surface area contributed by atoms with Crippen molar-refractivity contribution in [1.29, 1.82) is 0 Å². The van der Waals surface area contributed by atoms with Gasteiger partial charge in [-0.05, 0) is 42.5 Å². The molecule has 3 rings (SSSR count). The molecule has 0 radical (unpaired) electrons. The van der Waals surface area contributed by atoms with Gasteiger partial charge < -0.3 is 18.0 Å². The Balaban J connectivity index is 0.00000240. The fraction of sp³-hybridized carbons (Fsp3) is 0. The predicted octanol–water partition coefficient (Wildman–Crippen LogP) is -0.265. The molecule has 0 saturated carbocycles. The van der Waals surface area contributed by atoms with Gasteiger partial charge >= 0.3 is 29.6 Å². The van der Waals surface area contributed by atoms with Crippen molar-refractivity contribution in [3.63, 3.8) is 0 Å². The van der Waals surface area contributed by atoms with Crippen molar-refractivity contribution in [2.45, 2.75) is 9.79 Å². The number of anilines is 2. The van der Waals surface area contributed by atoms with Gasteiger partial charge in [-0.1, -0.05) is 0 Å². The van der Waals surface area contributed by atoms with Gasteiger partial charge in [0.2, 0.25) is 0 Å². The van der Waals surface area contributed by atoms with Crippen LogP contribution in [-0.2, 0) is 20.2 Å². The summed E-state index contributed by atoms with van der Waals surface area (Å²) in [5.41, 5.74) is 10.8. The first-order valence-corrected chi connectivity index (χ1v) is 10.6. The average Bonchev–Trinajstić information content (AvgIpc) is 2.60. The van der Waals surface area contributed by atoms with Crippen LogP contribution in [0.5, 0.6) is 5.75 Å². The van der Waals surface area contributed by atoms with Gasteiger partial charge in [0.15, 0.2) is 5.75 Å². The van der Waals surface area contributed by atoms with E-state index in [-0.39, 0.29) is 42.1 Å². The molecule has 0 unspecified atom stereocenters. The number of azo groups is 1. The molecule has 0 aliphatic heterocycles. The molecule has 0 amide bonds. The molecular formula is C16H15N4NaO7S2. The SMILES string of the molecule is Nc1ccc(N=Nc2c(S(=O)(=O)O)cc3c(S(=O)(=O)O)c(N)ccc3c2O)cc1.[H-].[Na+]. The number of nitrogens with two attached hydrogens (primary N) is 2. The molecule has 0 atom stereocenters. The second kappa shape index (κ2) is 8.47. The van der Waals surface area contributed by atoms with Crippen LogP contribution in [0.2, 0.25) is 0 Å². The van der Waals surface area contributed by atoms with Crippen LogP contribution < -0.4 is 41.0 Å². The average molecular weight is 462 g/mol. The first-order valence-electron chi connectivity index (χ1n) is 7.70. The number of aromatic hydroxyl groups is 1. The smallest absolute Gasteiger partial charge is 1.00 e. The molecule has 0 aliphatic rings. The fourth-order valence-corrected chi connectivity index (χ4v) is 4.10. The van der Waals surface area contributed by atoms with Gasteiger partial charge in [-0.25, -0.2) is 0 Å². The van der Waals surface area contributed by atoms with Gasteiger partial charge in [-0.15, -0.1) is 5.11 Å². The molecular weight excluding hydrogens is 447 g/mol. The Morgan fingerprint density at radius 2 is 1.43 bits per heavy atom. The minimum atomic E-state index is -4.98. The number of benzene rings is 3. The van der Waals surface area contributed by atoms with Gasteiger partial charge in [0.25, 0.3) is 20.2 Å². The fourth-order valence-electron chi connectivity index (χ4n) is 2.64. The van der Waals surface area contributed by atoms with E-state index in [1.165, 1.54) is 30.3 Å². The van der Waals surface area contributed by atoms with E-state index in [0.717, 1.165) is 12.1 Å². The van der Waals surface area contributed by atoms with Gasteiger partial charge in [-0.3, -0.25) is 9.11 Å². The van der Waals surface area contributed by atoms with Crippen LogP contribution in [0, 0.1) is 0 Å². The van der Waals surface area contributed by atoms with Crippen molar-refractivity contribution < 1.29 is 62.0 Å². The predicted molar refractivity (Wildman–Crippen MR) is 106 cm³/mol. The number of fused-ring (bicyclic) bond motifs is 1. The zero-order valence-corrected chi connectivity index (χ0v) is 19.0. The first kappa shape index (κ1) is 24.0. The molecule has 3 aromatic rings. The Morgan fingerprint density at radius 3 is 1.97 bits per heavy atom. The summed E-state index contributed by atoms with van der Waals surface area (Å²) in [6, 6.07) is 8.99. The molecule has 0 heterocycles. The van der Waals surface area contributed by atoms with Crippen LogP contribution in [0.1, 0.15) is 1.43 Å². The molecule has 0 fully saturated rings. The van der Waals surface area contributed by atoms with E-state index in [9.17, 15) is 31.0 Å². The molecule has 0 aliphatic carbocycles. The van der Waals surface area contributed by atoms with Gasteiger partial charge in [-0.2, -0.15) is 21.9 Å². The standard InChI is InChI=1S/C16H14N4O7S2.Na.H/c17-8-1-3-9(4-2-8)19-20-14-13(28(22,23)24)7-11-10(15(14)21)5-6-12(18)16(11)29(25,26)27;;/h1-7,21H,17-18H2,(H,22,23,24)(H,25,26,27);;/q;+1;-1. The normalized spacial score (nSPS) is 12.2. The van der Waals surface area contributed by atoms with Gasteiger partial charge in [0.05, 0.1) is 11.4 Å². The molecule has 11 nitrogen and oxygen atoms in total. The van der Waals surface area contributed by atoms with Crippen molar-refractivity contribution in [2.24, 2.45) is 10.2 Å². The Kier molecular flexibility index (Phi) is 6.78. The molecule has 0 aromatic heterocycles. The summed E-state index contributed by atoms with van der Waals surface area (Å²) in [5, 5.41) is 17.4. The quantitative estimate of drug-likeness (QED) is 0.149. The topological polar surface area (TPSA) is 206 Å². The zero-order chi connectivity index (χ0) is 21.6. The summed E-state index contributed by atoms with van der Waals surface area (Å²) in [7, 11) is -9.87. The number of nitrogen functional groups attached to an aromatic ring is 2. The maximum Gasteiger partial charge on any atom is 1.00 e. The molecule has 7 N–H and O–H groups in total. The molecule has 154 valence electrons. The number of nitrogens with zero attached hydrogens (tertiary/aromatic N) is 2. The Labute approximate surface area is 194 Å². The third-order valence-electron chi connectivity index (χ3n) is 3.91. The minimum Gasteiger partial charge on any atom is -1.00 e. The Bertz CT molecular complexity index is 1380. The molecule has 14 heteroatoms. The van der Waals surface area contributed by atoms with Crippen molar-refractivity contribution >= 4 is 53.8 Å². The van der Waals surface area contributed by atoms with Crippen molar-refractivity contribution in [1.82, 2.24) is 0 Å². The van der Waals surface area contributed by atoms with Crippen molar-refractivity contribution in [3.05, 3.63) is 42.5 Å². The largest absolute Gasteiger partial charge is 1.00 e. The second-order valence-corrected chi connectivity index (χ2v) is 8.64. The van der Waals surface area contributed by atoms with E-state index in [2.05, 4.69) is 10.2 Å². The van der Waals surface area contributed by atoms with Crippen LogP contribution in [0.25, 0.3) is 10.8 Å². The maximum atomic E-state index is 11.8. The van der Waals surface area contributed by atoms with E-state index in [1.807, 2.05) is 0 Å². The summed E-state index contributed by atoms with van der Waals surface area (Å²) >= 11 is 0. The van der Waals surface area contributed by atoms with Gasteiger partial charge in [0.1, 0.15) is 15.5 Å². The summed E-state index contributed by atoms with van der Waals surface area (Å²) < 4.78 is 66.0. The summed E-state index contributed by atoms with van der Waals surface area (Å²) in [6.07, 6.45) is 0. The van der Waals surface area contributed by atoms with Gasteiger partial charge in [0, 0.05) is 16.5 Å². The zero-order valence-electron chi connectivity index (χ0n) is 16.4. The van der Waals surface area contributed by atoms with Crippen LogP contribution in [0.15, 0.2) is 62.5 Å². The number of rotatable bonds is 4. The Morgan fingerprint density at radius 1 is 0.833 bits per heavy atom. The van der Waals surface area contributed by atoms with Crippen LogP contribution in [-0.4, -0.2) is 31.0 Å². The third-order valence-corrected chi connectivity index (χ3v) is 5.75. The second-order valence-electron chi connectivity index (χ2n) is 5.89. The van der Waals surface area contributed by atoms with Crippen molar-refractivity contribution in [2.75, 3.05) is 11.5 Å². The van der Waals surface area contributed by atoms with Crippen LogP contribution in [0.4, 0.5) is 22.7 Å².